The Morgan fingerprint density at radius 3 is 2.77 bits per heavy atom. The van der Waals surface area contributed by atoms with Crippen molar-refractivity contribution in [3.8, 4) is 0 Å². The number of halogens is 2. The van der Waals surface area contributed by atoms with Crippen molar-refractivity contribution in [3.05, 3.63) is 30.2 Å². The molecule has 0 atom stereocenters. The lowest BCUT2D eigenvalue weighted by Crippen LogP contribution is -1.94. The molecule has 0 fully saturated rings. The third-order valence-corrected chi connectivity index (χ3v) is 1.70. The second kappa shape index (κ2) is 5.07. The number of rotatable bonds is 1. The van der Waals surface area contributed by atoms with Crippen LogP contribution in [-0.2, 0) is 6.54 Å². The normalized spacial score (nSPS) is 9.00. The van der Waals surface area contributed by atoms with Crippen molar-refractivity contribution in [1.82, 2.24) is 9.97 Å². The van der Waals surface area contributed by atoms with E-state index in [2.05, 4.69) is 9.97 Å². The number of nitrogens with two attached hydrogens (primary N) is 1. The predicted octanol–water partition coefficient (Wildman–Crippen LogP) is 1.87. The summed E-state index contributed by atoms with van der Waals surface area (Å²) in [5.74, 6) is 0. The summed E-state index contributed by atoms with van der Waals surface area (Å²) in [5.41, 5.74) is 7.56. The smallest absolute Gasteiger partial charge is 0.0642 e. The van der Waals surface area contributed by atoms with Crippen LogP contribution in [0.3, 0.4) is 0 Å². The van der Waals surface area contributed by atoms with Crippen molar-refractivity contribution in [3.63, 3.8) is 0 Å². The minimum atomic E-state index is 0. The predicted molar refractivity (Wildman–Crippen MR) is 58.5 cm³/mol. The fourth-order valence-corrected chi connectivity index (χ4v) is 1.14. The largest absolute Gasteiger partial charge is 0.356 e. The molecule has 0 aliphatic carbocycles. The minimum absolute atomic E-state index is 0. The molecule has 0 saturated heterocycles. The average Bonchev–Trinajstić information content (AvgIpc) is 2.46. The fraction of sp³-hybridized carbons (Fsp3) is 0.125. The first-order valence-electron chi connectivity index (χ1n) is 3.52. The van der Waals surface area contributed by atoms with Gasteiger partial charge in [-0.3, -0.25) is 4.98 Å². The number of nitrogens with zero attached hydrogens (tertiary/aromatic N) is 1. The van der Waals surface area contributed by atoms with E-state index < -0.39 is 0 Å². The van der Waals surface area contributed by atoms with Crippen LogP contribution in [0, 0.1) is 0 Å². The first-order valence-corrected chi connectivity index (χ1v) is 3.52. The zero-order valence-electron chi connectivity index (χ0n) is 6.86. The third kappa shape index (κ3) is 2.34. The van der Waals surface area contributed by atoms with Gasteiger partial charge in [0, 0.05) is 23.8 Å². The molecule has 3 N–H and O–H groups in total. The van der Waals surface area contributed by atoms with Crippen molar-refractivity contribution in [2.75, 3.05) is 0 Å². The van der Waals surface area contributed by atoms with Crippen LogP contribution in [0.2, 0.25) is 0 Å². The zero-order chi connectivity index (χ0) is 7.68. The Kier molecular flexibility index (Phi) is 4.77. The molecule has 0 amide bonds. The number of pyridine rings is 1. The van der Waals surface area contributed by atoms with Gasteiger partial charge in [-0.25, -0.2) is 0 Å². The van der Waals surface area contributed by atoms with Crippen LogP contribution in [-0.4, -0.2) is 9.97 Å². The van der Waals surface area contributed by atoms with Crippen molar-refractivity contribution in [2.24, 2.45) is 5.73 Å². The van der Waals surface area contributed by atoms with Crippen LogP contribution < -0.4 is 5.73 Å². The molecule has 0 radical (unpaired) electrons. The van der Waals surface area contributed by atoms with Gasteiger partial charge in [0.25, 0.3) is 0 Å². The Labute approximate surface area is 88.6 Å². The number of aromatic amines is 1. The number of hydrogen-bond acceptors (Lipinski definition) is 2. The van der Waals surface area contributed by atoms with E-state index in [0.717, 1.165) is 11.2 Å². The number of H-pyrrole nitrogens is 1. The Balaban J connectivity index is 0.000000720. The number of fused-ring (bicyclic) bond motifs is 1. The van der Waals surface area contributed by atoms with Crippen LogP contribution in [0.5, 0.6) is 0 Å². The van der Waals surface area contributed by atoms with E-state index in [9.17, 15) is 0 Å². The summed E-state index contributed by atoms with van der Waals surface area (Å²) in [6.45, 7) is 0.550. The van der Waals surface area contributed by atoms with Gasteiger partial charge >= 0.3 is 0 Å². The SMILES string of the molecule is Cl.Cl.NCc1cc2ccncc2[nH]1. The highest BCUT2D eigenvalue weighted by atomic mass is 35.5. The molecule has 72 valence electrons. The summed E-state index contributed by atoms with van der Waals surface area (Å²) in [4.78, 5) is 7.15. The topological polar surface area (TPSA) is 54.7 Å². The Morgan fingerprint density at radius 2 is 2.15 bits per heavy atom. The molecule has 2 rings (SSSR count). The second-order valence-corrected chi connectivity index (χ2v) is 2.46. The number of nitrogens with one attached hydrogen (secondary N) is 1. The fourth-order valence-electron chi connectivity index (χ4n) is 1.14. The zero-order valence-corrected chi connectivity index (χ0v) is 8.49. The molecule has 0 spiro atoms. The third-order valence-electron chi connectivity index (χ3n) is 1.70. The van der Waals surface area contributed by atoms with E-state index >= 15 is 0 Å². The summed E-state index contributed by atoms with van der Waals surface area (Å²) >= 11 is 0. The minimum Gasteiger partial charge on any atom is -0.356 e. The monoisotopic (exact) mass is 219 g/mol. The van der Waals surface area contributed by atoms with Gasteiger partial charge in [-0.05, 0) is 12.1 Å². The highest BCUT2D eigenvalue weighted by Gasteiger charge is 1.96. The highest BCUT2D eigenvalue weighted by molar-refractivity contribution is 5.85. The van der Waals surface area contributed by atoms with Crippen molar-refractivity contribution >= 4 is 35.7 Å². The Bertz CT molecular complexity index is 339. The van der Waals surface area contributed by atoms with Gasteiger partial charge in [0.05, 0.1) is 11.7 Å². The van der Waals surface area contributed by atoms with Gasteiger partial charge in [-0.1, -0.05) is 0 Å². The maximum atomic E-state index is 5.46. The summed E-state index contributed by atoms with van der Waals surface area (Å²) in [5, 5.41) is 1.17. The van der Waals surface area contributed by atoms with Gasteiger partial charge in [-0.2, -0.15) is 0 Å². The molecular formula is C8H11Cl2N3. The van der Waals surface area contributed by atoms with E-state index in [1.807, 2.05) is 12.1 Å². The first-order chi connectivity index (χ1) is 5.40. The van der Waals surface area contributed by atoms with Crippen molar-refractivity contribution in [1.29, 1.82) is 0 Å². The lowest BCUT2D eigenvalue weighted by molar-refractivity contribution is 1.02. The summed E-state index contributed by atoms with van der Waals surface area (Å²) in [7, 11) is 0. The molecule has 0 unspecified atom stereocenters. The Morgan fingerprint density at radius 1 is 1.38 bits per heavy atom. The van der Waals surface area contributed by atoms with Gasteiger partial charge in [0.15, 0.2) is 0 Å². The molecular weight excluding hydrogens is 209 g/mol. The Hall–Kier alpha value is -0.770. The van der Waals surface area contributed by atoms with Gasteiger partial charge < -0.3 is 10.7 Å². The van der Waals surface area contributed by atoms with E-state index in [4.69, 9.17) is 5.73 Å². The lowest BCUT2D eigenvalue weighted by atomic mass is 10.3. The highest BCUT2D eigenvalue weighted by Crippen LogP contribution is 2.12. The molecule has 2 heterocycles. The van der Waals surface area contributed by atoms with Crippen LogP contribution in [0.25, 0.3) is 10.9 Å². The van der Waals surface area contributed by atoms with Crippen LogP contribution in [0.15, 0.2) is 24.5 Å². The van der Waals surface area contributed by atoms with Gasteiger partial charge in [0.2, 0.25) is 0 Å². The molecule has 2 aromatic heterocycles. The van der Waals surface area contributed by atoms with Crippen LogP contribution in [0.1, 0.15) is 5.69 Å². The van der Waals surface area contributed by atoms with Crippen LogP contribution >= 0.6 is 24.8 Å². The molecule has 0 saturated carbocycles. The van der Waals surface area contributed by atoms with E-state index in [1.54, 1.807) is 12.4 Å². The summed E-state index contributed by atoms with van der Waals surface area (Å²) < 4.78 is 0. The van der Waals surface area contributed by atoms with E-state index in [1.165, 1.54) is 5.39 Å². The van der Waals surface area contributed by atoms with Crippen LogP contribution in [0.4, 0.5) is 0 Å². The maximum absolute atomic E-state index is 5.46. The standard InChI is InChI=1S/C8H9N3.2ClH/c9-4-7-3-6-1-2-10-5-8(6)11-7;;/h1-3,5,11H,4,9H2;2*1H. The number of hydrogen-bond donors (Lipinski definition) is 2. The summed E-state index contributed by atoms with van der Waals surface area (Å²) in [6, 6.07) is 4.00. The number of aromatic nitrogens is 2. The molecule has 0 aromatic carbocycles. The molecule has 0 bridgehead atoms. The molecule has 13 heavy (non-hydrogen) atoms. The second-order valence-electron chi connectivity index (χ2n) is 2.46. The van der Waals surface area contributed by atoms with E-state index in [-0.39, 0.29) is 24.8 Å². The van der Waals surface area contributed by atoms with Crippen molar-refractivity contribution in [2.45, 2.75) is 6.54 Å². The summed E-state index contributed by atoms with van der Waals surface area (Å²) in [6.07, 6.45) is 3.57. The molecule has 0 aliphatic heterocycles. The molecule has 5 heteroatoms. The average molecular weight is 220 g/mol. The lowest BCUT2D eigenvalue weighted by Gasteiger charge is -1.84. The quantitative estimate of drug-likeness (QED) is 0.770. The van der Waals surface area contributed by atoms with Gasteiger partial charge in [0.1, 0.15) is 0 Å². The molecule has 3 nitrogen and oxygen atoms in total. The molecule has 0 aliphatic rings. The van der Waals surface area contributed by atoms with Gasteiger partial charge in [-0.15, -0.1) is 24.8 Å². The first kappa shape index (κ1) is 12.2. The molecule has 2 aromatic rings. The van der Waals surface area contributed by atoms with Crippen molar-refractivity contribution < 1.29 is 0 Å². The maximum Gasteiger partial charge on any atom is 0.0642 e. The van der Waals surface area contributed by atoms with E-state index in [0.29, 0.717) is 6.54 Å².